The summed E-state index contributed by atoms with van der Waals surface area (Å²) in [5.41, 5.74) is 6.64. The van der Waals surface area contributed by atoms with Crippen molar-refractivity contribution in [3.8, 4) is 16.3 Å². The number of aromatic nitrogens is 5. The molecule has 0 bridgehead atoms. The van der Waals surface area contributed by atoms with Crippen LogP contribution in [0.2, 0.25) is 0 Å². The molecular formula is C11H8F2N6S. The number of rotatable bonds is 3. The molecule has 0 fully saturated rings. The Morgan fingerprint density at radius 2 is 1.85 bits per heavy atom. The number of nitrogens with two attached hydrogens (primary N) is 1. The van der Waals surface area contributed by atoms with E-state index < -0.39 is 6.43 Å². The van der Waals surface area contributed by atoms with E-state index >= 15 is 0 Å². The van der Waals surface area contributed by atoms with Crippen molar-refractivity contribution in [3.05, 3.63) is 36.2 Å². The third-order valence-electron chi connectivity index (χ3n) is 2.55. The van der Waals surface area contributed by atoms with Gasteiger partial charge in [0.15, 0.2) is 0 Å². The van der Waals surface area contributed by atoms with E-state index in [1.165, 1.54) is 22.2 Å². The molecule has 0 atom stereocenters. The topological polar surface area (TPSA) is 82.5 Å². The second kappa shape index (κ2) is 4.93. The van der Waals surface area contributed by atoms with Gasteiger partial charge in [-0.15, -0.1) is 15.3 Å². The van der Waals surface area contributed by atoms with Gasteiger partial charge in [-0.25, -0.2) is 13.5 Å². The summed E-state index contributed by atoms with van der Waals surface area (Å²) in [6.07, 6.45) is -1.44. The van der Waals surface area contributed by atoms with Gasteiger partial charge in [0.25, 0.3) is 6.43 Å². The third-order valence-corrected chi connectivity index (χ3v) is 3.36. The third kappa shape index (κ3) is 2.35. The van der Waals surface area contributed by atoms with E-state index in [1.807, 2.05) is 0 Å². The highest BCUT2D eigenvalue weighted by Gasteiger charge is 2.12. The molecule has 2 heterocycles. The highest BCUT2D eigenvalue weighted by molar-refractivity contribution is 7.18. The molecule has 2 N–H and O–H groups in total. The minimum absolute atomic E-state index is 0.356. The molecule has 0 saturated heterocycles. The number of hydrogen-bond acceptors (Lipinski definition) is 6. The first-order valence-corrected chi connectivity index (χ1v) is 6.35. The number of benzene rings is 1. The minimum Gasteiger partial charge on any atom is -0.374 e. The Bertz CT molecular complexity index is 721. The SMILES string of the molecule is Nc1nnc(-c2ccc(-n3cc(C(F)F)nn3)cc2)s1. The van der Waals surface area contributed by atoms with E-state index in [1.54, 1.807) is 24.3 Å². The van der Waals surface area contributed by atoms with Gasteiger partial charge in [-0.3, -0.25) is 0 Å². The van der Waals surface area contributed by atoms with Gasteiger partial charge in [0.1, 0.15) is 10.7 Å². The molecule has 0 aliphatic heterocycles. The standard InChI is InChI=1S/C11H8F2N6S/c12-9(13)8-5-19(18-15-8)7-3-1-6(2-4-7)10-16-17-11(14)20-10/h1-5,9H,(H2,14,17). The first-order chi connectivity index (χ1) is 9.63. The first-order valence-electron chi connectivity index (χ1n) is 5.53. The molecule has 102 valence electrons. The molecule has 0 aliphatic rings. The highest BCUT2D eigenvalue weighted by Crippen LogP contribution is 2.25. The van der Waals surface area contributed by atoms with Crippen LogP contribution in [0.5, 0.6) is 0 Å². The lowest BCUT2D eigenvalue weighted by Crippen LogP contribution is -1.94. The normalized spacial score (nSPS) is 11.2. The number of nitrogens with zero attached hydrogens (tertiary/aromatic N) is 5. The Balaban J connectivity index is 1.88. The number of halogens is 2. The van der Waals surface area contributed by atoms with Crippen LogP contribution in [0.3, 0.4) is 0 Å². The van der Waals surface area contributed by atoms with Gasteiger partial charge in [-0.05, 0) is 24.3 Å². The van der Waals surface area contributed by atoms with Crippen molar-refractivity contribution in [1.29, 1.82) is 0 Å². The van der Waals surface area contributed by atoms with E-state index in [0.29, 0.717) is 15.8 Å². The van der Waals surface area contributed by atoms with Crippen molar-refractivity contribution in [1.82, 2.24) is 25.2 Å². The minimum atomic E-state index is -2.63. The summed E-state index contributed by atoms with van der Waals surface area (Å²) >= 11 is 1.27. The van der Waals surface area contributed by atoms with Gasteiger partial charge >= 0.3 is 0 Å². The fourth-order valence-corrected chi connectivity index (χ4v) is 2.23. The average Bonchev–Trinajstić information content (AvgIpc) is 3.08. The Hall–Kier alpha value is -2.42. The van der Waals surface area contributed by atoms with Gasteiger partial charge in [-0.2, -0.15) is 0 Å². The summed E-state index contributed by atoms with van der Waals surface area (Å²) < 4.78 is 26.2. The summed E-state index contributed by atoms with van der Waals surface area (Å²) in [5.74, 6) is 0. The molecule has 6 nitrogen and oxygen atoms in total. The molecule has 3 aromatic rings. The Morgan fingerprint density at radius 3 is 2.40 bits per heavy atom. The molecule has 1 aromatic carbocycles. The van der Waals surface area contributed by atoms with Gasteiger partial charge in [0.05, 0.1) is 11.9 Å². The molecule has 0 spiro atoms. The molecule has 20 heavy (non-hydrogen) atoms. The van der Waals surface area contributed by atoms with Gasteiger partial charge in [-0.1, -0.05) is 16.6 Å². The fourth-order valence-electron chi connectivity index (χ4n) is 1.61. The van der Waals surface area contributed by atoms with Gasteiger partial charge in [0.2, 0.25) is 5.13 Å². The van der Waals surface area contributed by atoms with Crippen LogP contribution in [0.4, 0.5) is 13.9 Å². The van der Waals surface area contributed by atoms with Crippen LogP contribution in [0.15, 0.2) is 30.5 Å². The molecular weight excluding hydrogens is 286 g/mol. The van der Waals surface area contributed by atoms with Crippen LogP contribution in [0.25, 0.3) is 16.3 Å². The van der Waals surface area contributed by atoms with Crippen LogP contribution in [0, 0.1) is 0 Å². The zero-order valence-electron chi connectivity index (χ0n) is 9.94. The number of hydrogen-bond donors (Lipinski definition) is 1. The first kappa shape index (κ1) is 12.6. The van der Waals surface area contributed by atoms with Crippen LogP contribution in [-0.2, 0) is 0 Å². The van der Waals surface area contributed by atoms with E-state index in [9.17, 15) is 8.78 Å². The van der Waals surface area contributed by atoms with Crippen LogP contribution in [-0.4, -0.2) is 25.2 Å². The van der Waals surface area contributed by atoms with E-state index in [0.717, 1.165) is 5.56 Å². The van der Waals surface area contributed by atoms with E-state index in [4.69, 9.17) is 5.73 Å². The predicted octanol–water partition coefficient (Wildman–Crippen LogP) is 2.31. The van der Waals surface area contributed by atoms with Crippen molar-refractivity contribution in [2.45, 2.75) is 6.43 Å². The van der Waals surface area contributed by atoms with Crippen LogP contribution < -0.4 is 5.73 Å². The molecule has 0 radical (unpaired) electrons. The number of nitrogen functional groups attached to an aromatic ring is 1. The lowest BCUT2D eigenvalue weighted by atomic mass is 10.2. The largest absolute Gasteiger partial charge is 0.374 e. The maximum atomic E-state index is 12.4. The average molecular weight is 294 g/mol. The molecule has 0 unspecified atom stereocenters. The summed E-state index contributed by atoms with van der Waals surface area (Å²) in [7, 11) is 0. The monoisotopic (exact) mass is 294 g/mol. The van der Waals surface area contributed by atoms with Crippen molar-refractivity contribution in [3.63, 3.8) is 0 Å². The molecule has 0 saturated carbocycles. The van der Waals surface area contributed by atoms with Crippen molar-refractivity contribution in [2.24, 2.45) is 0 Å². The second-order valence-corrected chi connectivity index (χ2v) is 4.89. The molecule has 0 amide bonds. The molecule has 9 heteroatoms. The Morgan fingerprint density at radius 1 is 1.10 bits per heavy atom. The second-order valence-electron chi connectivity index (χ2n) is 3.88. The highest BCUT2D eigenvalue weighted by atomic mass is 32.1. The van der Waals surface area contributed by atoms with Crippen LogP contribution >= 0.6 is 11.3 Å². The maximum absolute atomic E-state index is 12.4. The number of alkyl halides is 2. The fraction of sp³-hybridized carbons (Fsp3) is 0.0909. The summed E-state index contributed by atoms with van der Waals surface area (Å²) in [6, 6.07) is 7.05. The predicted molar refractivity (Wildman–Crippen MR) is 69.6 cm³/mol. The van der Waals surface area contributed by atoms with Crippen LogP contribution in [0.1, 0.15) is 12.1 Å². The Labute approximate surface area is 115 Å². The lowest BCUT2D eigenvalue weighted by Gasteiger charge is -2.00. The number of anilines is 1. The smallest absolute Gasteiger partial charge is 0.283 e. The molecule has 3 rings (SSSR count). The van der Waals surface area contributed by atoms with E-state index in [2.05, 4.69) is 20.5 Å². The van der Waals surface area contributed by atoms with Crippen molar-refractivity contribution >= 4 is 16.5 Å². The maximum Gasteiger partial charge on any atom is 0.283 e. The zero-order chi connectivity index (χ0) is 14.1. The molecule has 2 aromatic heterocycles. The summed E-state index contributed by atoms with van der Waals surface area (Å²) in [5, 5.41) is 15.8. The quantitative estimate of drug-likeness (QED) is 0.801. The van der Waals surface area contributed by atoms with E-state index in [-0.39, 0.29) is 5.69 Å². The summed E-state index contributed by atoms with van der Waals surface area (Å²) in [4.78, 5) is 0. The zero-order valence-corrected chi connectivity index (χ0v) is 10.8. The summed E-state index contributed by atoms with van der Waals surface area (Å²) in [6.45, 7) is 0. The lowest BCUT2D eigenvalue weighted by molar-refractivity contribution is 0.146. The Kier molecular flexibility index (Phi) is 3.11. The van der Waals surface area contributed by atoms with Crippen molar-refractivity contribution < 1.29 is 8.78 Å². The van der Waals surface area contributed by atoms with Gasteiger partial charge in [0, 0.05) is 5.56 Å². The van der Waals surface area contributed by atoms with Gasteiger partial charge < -0.3 is 5.73 Å². The van der Waals surface area contributed by atoms with Crippen molar-refractivity contribution in [2.75, 3.05) is 5.73 Å². The molecule has 0 aliphatic carbocycles.